The van der Waals surface area contributed by atoms with Gasteiger partial charge in [-0.3, -0.25) is 0 Å². The first-order valence-corrected chi connectivity index (χ1v) is 5.08. The van der Waals surface area contributed by atoms with Crippen molar-refractivity contribution in [2.75, 3.05) is 0 Å². The standard InChI is InChI=1S/C12H16O2/c1-12(14,10-4-5-10)8-9-2-6-11(13)7-3-9/h2-3,6-7,10,13-14H,4-5,8H2,1H3. The molecule has 2 rings (SSSR count). The van der Waals surface area contributed by atoms with Gasteiger partial charge in [0, 0.05) is 6.42 Å². The van der Waals surface area contributed by atoms with Crippen LogP contribution >= 0.6 is 0 Å². The lowest BCUT2D eigenvalue weighted by molar-refractivity contribution is 0.0372. The Labute approximate surface area is 84.2 Å². The first-order valence-electron chi connectivity index (χ1n) is 5.08. The number of benzene rings is 1. The molecule has 1 saturated carbocycles. The molecule has 0 heterocycles. The van der Waals surface area contributed by atoms with Gasteiger partial charge in [-0.25, -0.2) is 0 Å². The molecule has 0 saturated heterocycles. The Morgan fingerprint density at radius 3 is 2.36 bits per heavy atom. The second-order valence-electron chi connectivity index (χ2n) is 4.47. The summed E-state index contributed by atoms with van der Waals surface area (Å²) in [7, 11) is 0. The predicted octanol–water partition coefficient (Wildman–Crippen LogP) is 2.10. The summed E-state index contributed by atoms with van der Waals surface area (Å²) in [5.41, 5.74) is 0.511. The summed E-state index contributed by atoms with van der Waals surface area (Å²) in [5.74, 6) is 0.746. The minimum atomic E-state index is -0.572. The van der Waals surface area contributed by atoms with Gasteiger partial charge in [0.1, 0.15) is 5.75 Å². The van der Waals surface area contributed by atoms with Crippen molar-refractivity contribution in [3.05, 3.63) is 29.8 Å². The number of rotatable bonds is 3. The van der Waals surface area contributed by atoms with Gasteiger partial charge in [0.05, 0.1) is 5.60 Å². The van der Waals surface area contributed by atoms with Gasteiger partial charge in [0.2, 0.25) is 0 Å². The van der Waals surface area contributed by atoms with E-state index < -0.39 is 5.60 Å². The van der Waals surface area contributed by atoms with Gasteiger partial charge in [-0.05, 0) is 43.4 Å². The molecule has 1 fully saturated rings. The van der Waals surface area contributed by atoms with E-state index in [-0.39, 0.29) is 5.75 Å². The van der Waals surface area contributed by atoms with E-state index in [1.807, 2.05) is 19.1 Å². The van der Waals surface area contributed by atoms with Crippen molar-refractivity contribution in [1.82, 2.24) is 0 Å². The van der Waals surface area contributed by atoms with Crippen LogP contribution in [0.3, 0.4) is 0 Å². The van der Waals surface area contributed by atoms with E-state index in [0.29, 0.717) is 12.3 Å². The van der Waals surface area contributed by atoms with E-state index in [4.69, 9.17) is 5.11 Å². The number of phenolic OH excluding ortho intramolecular Hbond substituents is 1. The van der Waals surface area contributed by atoms with Crippen LogP contribution in [-0.2, 0) is 6.42 Å². The van der Waals surface area contributed by atoms with Crippen LogP contribution in [-0.4, -0.2) is 15.8 Å². The van der Waals surface area contributed by atoms with Crippen molar-refractivity contribution in [2.45, 2.75) is 31.8 Å². The third kappa shape index (κ3) is 2.07. The van der Waals surface area contributed by atoms with Gasteiger partial charge in [0.25, 0.3) is 0 Å². The molecule has 76 valence electrons. The first kappa shape index (κ1) is 9.53. The maximum atomic E-state index is 10.1. The molecule has 1 aliphatic carbocycles. The molecular formula is C12H16O2. The maximum Gasteiger partial charge on any atom is 0.115 e. The Balaban J connectivity index is 2.06. The normalized spacial score (nSPS) is 20.4. The van der Waals surface area contributed by atoms with Crippen molar-refractivity contribution in [1.29, 1.82) is 0 Å². The Hall–Kier alpha value is -1.02. The molecule has 0 spiro atoms. The summed E-state index contributed by atoms with van der Waals surface area (Å²) in [4.78, 5) is 0. The second-order valence-corrected chi connectivity index (χ2v) is 4.47. The number of aromatic hydroxyl groups is 1. The molecular weight excluding hydrogens is 176 g/mol. The Kier molecular flexibility index (Phi) is 2.23. The van der Waals surface area contributed by atoms with Crippen LogP contribution in [0, 0.1) is 5.92 Å². The Morgan fingerprint density at radius 1 is 1.29 bits per heavy atom. The average Bonchev–Trinajstić information content (AvgIpc) is 2.91. The van der Waals surface area contributed by atoms with Gasteiger partial charge >= 0.3 is 0 Å². The summed E-state index contributed by atoms with van der Waals surface area (Å²) in [5, 5.41) is 19.2. The minimum Gasteiger partial charge on any atom is -0.508 e. The molecule has 1 atom stereocenters. The van der Waals surface area contributed by atoms with Crippen LogP contribution < -0.4 is 0 Å². The molecule has 1 aliphatic rings. The van der Waals surface area contributed by atoms with E-state index in [9.17, 15) is 5.11 Å². The van der Waals surface area contributed by atoms with Crippen LogP contribution in [0.15, 0.2) is 24.3 Å². The fourth-order valence-corrected chi connectivity index (χ4v) is 1.88. The molecule has 0 radical (unpaired) electrons. The van der Waals surface area contributed by atoms with Crippen molar-refractivity contribution in [3.8, 4) is 5.75 Å². The summed E-state index contributed by atoms with van der Waals surface area (Å²) in [6.07, 6.45) is 2.97. The van der Waals surface area contributed by atoms with Crippen LogP contribution in [0.5, 0.6) is 5.75 Å². The second kappa shape index (κ2) is 3.28. The fourth-order valence-electron chi connectivity index (χ4n) is 1.88. The zero-order valence-electron chi connectivity index (χ0n) is 8.40. The number of phenols is 1. The number of hydrogen-bond acceptors (Lipinski definition) is 2. The SMILES string of the molecule is CC(O)(Cc1ccc(O)cc1)C1CC1. The molecule has 1 aromatic rings. The molecule has 1 aromatic carbocycles. The van der Waals surface area contributed by atoms with Crippen molar-refractivity contribution >= 4 is 0 Å². The first-order chi connectivity index (χ1) is 6.58. The summed E-state index contributed by atoms with van der Waals surface area (Å²) < 4.78 is 0. The molecule has 0 amide bonds. The highest BCUT2D eigenvalue weighted by Crippen LogP contribution is 2.41. The van der Waals surface area contributed by atoms with Crippen LogP contribution in [0.1, 0.15) is 25.3 Å². The average molecular weight is 192 g/mol. The molecule has 2 heteroatoms. The monoisotopic (exact) mass is 192 g/mol. The summed E-state index contributed by atoms with van der Waals surface area (Å²) in [6, 6.07) is 7.06. The third-order valence-electron chi connectivity index (χ3n) is 2.96. The lowest BCUT2D eigenvalue weighted by Crippen LogP contribution is -2.29. The Morgan fingerprint density at radius 2 is 1.86 bits per heavy atom. The highest BCUT2D eigenvalue weighted by atomic mass is 16.3. The molecule has 1 unspecified atom stereocenters. The quantitative estimate of drug-likeness (QED) is 0.770. The fraction of sp³-hybridized carbons (Fsp3) is 0.500. The zero-order valence-corrected chi connectivity index (χ0v) is 8.40. The predicted molar refractivity (Wildman–Crippen MR) is 55.2 cm³/mol. The van der Waals surface area contributed by atoms with Crippen LogP contribution in [0.2, 0.25) is 0 Å². The van der Waals surface area contributed by atoms with Gasteiger partial charge in [-0.2, -0.15) is 0 Å². The number of aliphatic hydroxyl groups is 1. The topological polar surface area (TPSA) is 40.5 Å². The minimum absolute atomic E-state index is 0.278. The van der Waals surface area contributed by atoms with E-state index in [1.165, 1.54) is 0 Å². The highest BCUT2D eigenvalue weighted by molar-refractivity contribution is 5.27. The van der Waals surface area contributed by atoms with E-state index in [2.05, 4.69) is 0 Å². The molecule has 0 aliphatic heterocycles. The third-order valence-corrected chi connectivity index (χ3v) is 2.96. The Bertz CT molecular complexity index is 310. The van der Waals surface area contributed by atoms with Crippen molar-refractivity contribution < 1.29 is 10.2 Å². The van der Waals surface area contributed by atoms with E-state index in [0.717, 1.165) is 18.4 Å². The van der Waals surface area contributed by atoms with E-state index >= 15 is 0 Å². The van der Waals surface area contributed by atoms with Crippen LogP contribution in [0.25, 0.3) is 0 Å². The van der Waals surface area contributed by atoms with E-state index in [1.54, 1.807) is 12.1 Å². The molecule has 0 bridgehead atoms. The van der Waals surface area contributed by atoms with Crippen LogP contribution in [0.4, 0.5) is 0 Å². The van der Waals surface area contributed by atoms with Gasteiger partial charge < -0.3 is 10.2 Å². The highest BCUT2D eigenvalue weighted by Gasteiger charge is 2.39. The summed E-state index contributed by atoms with van der Waals surface area (Å²) in [6.45, 7) is 1.90. The molecule has 2 N–H and O–H groups in total. The molecule has 0 aromatic heterocycles. The lowest BCUT2D eigenvalue weighted by atomic mass is 9.92. The largest absolute Gasteiger partial charge is 0.508 e. The summed E-state index contributed by atoms with van der Waals surface area (Å²) >= 11 is 0. The van der Waals surface area contributed by atoms with Crippen molar-refractivity contribution in [3.63, 3.8) is 0 Å². The smallest absolute Gasteiger partial charge is 0.115 e. The lowest BCUT2D eigenvalue weighted by Gasteiger charge is -2.22. The zero-order chi connectivity index (χ0) is 10.2. The van der Waals surface area contributed by atoms with Gasteiger partial charge in [-0.1, -0.05) is 12.1 Å². The molecule has 14 heavy (non-hydrogen) atoms. The number of hydrogen-bond donors (Lipinski definition) is 2. The van der Waals surface area contributed by atoms with Crippen molar-refractivity contribution in [2.24, 2.45) is 5.92 Å². The molecule has 2 nitrogen and oxygen atoms in total. The maximum absolute atomic E-state index is 10.1. The van der Waals surface area contributed by atoms with Gasteiger partial charge in [-0.15, -0.1) is 0 Å². The van der Waals surface area contributed by atoms with Gasteiger partial charge in [0.15, 0.2) is 0 Å².